The van der Waals surface area contributed by atoms with Crippen molar-refractivity contribution in [3.8, 4) is 0 Å². The molecule has 4 rings (SSSR count). The molecule has 120 valence electrons. The second kappa shape index (κ2) is 4.55. The third kappa shape index (κ3) is 2.16. The maximum atomic E-state index is 12.4. The van der Waals surface area contributed by atoms with Gasteiger partial charge in [-0.3, -0.25) is 9.48 Å². The van der Waals surface area contributed by atoms with E-state index in [1.54, 1.807) is 20.1 Å². The third-order valence-electron chi connectivity index (χ3n) is 5.03. The van der Waals surface area contributed by atoms with Crippen LogP contribution in [0, 0.1) is 5.41 Å². The second-order valence-corrected chi connectivity index (χ2v) is 9.07. The lowest BCUT2D eigenvalue weighted by Gasteiger charge is -2.23. The number of sulfonamides is 1. The highest BCUT2D eigenvalue weighted by molar-refractivity contribution is 7.90. The van der Waals surface area contributed by atoms with Crippen LogP contribution in [0.4, 0.5) is 5.69 Å². The van der Waals surface area contributed by atoms with E-state index in [0.29, 0.717) is 26.1 Å². The number of anilines is 1. The van der Waals surface area contributed by atoms with E-state index in [0.717, 1.165) is 24.9 Å². The standard InChI is InChI=1S/C14H20N4O3S/c1-16-8-11(7-15-16)18-10-14(6-13(18)19)4-5-17(9-14)22(20,21)12-2-3-12/h7-8,12H,2-6,9-10H2,1H3. The summed E-state index contributed by atoms with van der Waals surface area (Å²) in [6, 6.07) is 0. The van der Waals surface area contributed by atoms with E-state index in [1.165, 1.54) is 0 Å². The number of hydrogen-bond acceptors (Lipinski definition) is 4. The van der Waals surface area contributed by atoms with Crippen molar-refractivity contribution in [2.75, 3.05) is 24.5 Å². The maximum absolute atomic E-state index is 12.4. The van der Waals surface area contributed by atoms with Gasteiger partial charge in [0.1, 0.15) is 0 Å². The molecule has 1 aromatic heterocycles. The van der Waals surface area contributed by atoms with Crippen molar-refractivity contribution < 1.29 is 13.2 Å². The van der Waals surface area contributed by atoms with Gasteiger partial charge in [-0.1, -0.05) is 0 Å². The number of amides is 1. The molecule has 3 aliphatic rings. The van der Waals surface area contributed by atoms with E-state index < -0.39 is 10.0 Å². The Hall–Kier alpha value is -1.41. The quantitative estimate of drug-likeness (QED) is 0.803. The molecule has 1 atom stereocenters. The Morgan fingerprint density at radius 1 is 1.32 bits per heavy atom. The van der Waals surface area contributed by atoms with Gasteiger partial charge >= 0.3 is 0 Å². The zero-order valence-corrected chi connectivity index (χ0v) is 13.4. The normalized spacial score (nSPS) is 29.9. The minimum Gasteiger partial charge on any atom is -0.309 e. The van der Waals surface area contributed by atoms with Gasteiger partial charge in [0, 0.05) is 44.7 Å². The molecule has 0 aromatic carbocycles. The molecule has 3 heterocycles. The van der Waals surface area contributed by atoms with Gasteiger partial charge in [-0.25, -0.2) is 12.7 Å². The fourth-order valence-corrected chi connectivity index (χ4v) is 5.59. The number of carbonyl (C=O) groups excluding carboxylic acids is 1. The van der Waals surface area contributed by atoms with Gasteiger partial charge in [0.05, 0.1) is 17.1 Å². The summed E-state index contributed by atoms with van der Waals surface area (Å²) in [7, 11) is -1.32. The van der Waals surface area contributed by atoms with Crippen LogP contribution in [0.2, 0.25) is 0 Å². The first-order valence-corrected chi connectivity index (χ1v) is 9.18. The highest BCUT2D eigenvalue weighted by Gasteiger charge is 2.52. The average Bonchev–Trinajstić information content (AvgIpc) is 3.00. The molecule has 1 aliphatic carbocycles. The van der Waals surface area contributed by atoms with Crippen molar-refractivity contribution in [1.29, 1.82) is 0 Å². The van der Waals surface area contributed by atoms with E-state index in [1.807, 2.05) is 13.2 Å². The van der Waals surface area contributed by atoms with E-state index in [9.17, 15) is 13.2 Å². The van der Waals surface area contributed by atoms with Crippen LogP contribution >= 0.6 is 0 Å². The highest BCUT2D eigenvalue weighted by atomic mass is 32.2. The molecule has 1 saturated carbocycles. The molecule has 0 radical (unpaired) electrons. The molecular formula is C14H20N4O3S. The lowest BCUT2D eigenvalue weighted by Crippen LogP contribution is -2.35. The SMILES string of the molecule is Cn1cc(N2CC3(CCN(S(=O)(=O)C4CC4)C3)CC2=O)cn1. The van der Waals surface area contributed by atoms with Crippen LogP contribution in [-0.2, 0) is 21.9 Å². The molecule has 1 aromatic rings. The zero-order valence-electron chi connectivity index (χ0n) is 12.6. The Balaban J connectivity index is 1.53. The molecule has 1 unspecified atom stereocenters. The Morgan fingerprint density at radius 3 is 2.73 bits per heavy atom. The van der Waals surface area contributed by atoms with Gasteiger partial charge in [-0.05, 0) is 19.3 Å². The van der Waals surface area contributed by atoms with Gasteiger partial charge in [0.15, 0.2) is 0 Å². The molecule has 8 heteroatoms. The van der Waals surface area contributed by atoms with Crippen LogP contribution in [-0.4, -0.2) is 53.3 Å². The van der Waals surface area contributed by atoms with Gasteiger partial charge in [-0.2, -0.15) is 5.10 Å². The van der Waals surface area contributed by atoms with Gasteiger partial charge < -0.3 is 4.90 Å². The predicted molar refractivity (Wildman–Crippen MR) is 80.7 cm³/mol. The molecule has 1 spiro atoms. The van der Waals surface area contributed by atoms with Crippen molar-refractivity contribution in [2.45, 2.75) is 30.9 Å². The van der Waals surface area contributed by atoms with Crippen molar-refractivity contribution >= 4 is 21.6 Å². The van der Waals surface area contributed by atoms with E-state index >= 15 is 0 Å². The molecule has 22 heavy (non-hydrogen) atoms. The minimum atomic E-state index is -3.14. The van der Waals surface area contributed by atoms with E-state index in [2.05, 4.69) is 5.10 Å². The van der Waals surface area contributed by atoms with E-state index in [-0.39, 0.29) is 16.6 Å². The van der Waals surface area contributed by atoms with Crippen molar-refractivity contribution in [3.05, 3.63) is 12.4 Å². The first-order valence-electron chi connectivity index (χ1n) is 7.68. The van der Waals surface area contributed by atoms with Gasteiger partial charge in [0.25, 0.3) is 0 Å². The Kier molecular flexibility index (Phi) is 2.93. The summed E-state index contributed by atoms with van der Waals surface area (Å²) in [6.45, 7) is 1.62. The summed E-state index contributed by atoms with van der Waals surface area (Å²) in [4.78, 5) is 14.1. The Morgan fingerprint density at radius 2 is 2.09 bits per heavy atom. The molecule has 2 saturated heterocycles. The van der Waals surface area contributed by atoms with Crippen molar-refractivity contribution in [1.82, 2.24) is 14.1 Å². The third-order valence-corrected chi connectivity index (χ3v) is 7.38. The molecule has 0 bridgehead atoms. The summed E-state index contributed by atoms with van der Waals surface area (Å²) < 4.78 is 28.1. The van der Waals surface area contributed by atoms with Crippen LogP contribution in [0.5, 0.6) is 0 Å². The first kappa shape index (κ1) is 14.2. The van der Waals surface area contributed by atoms with E-state index in [4.69, 9.17) is 0 Å². The first-order chi connectivity index (χ1) is 10.4. The predicted octanol–water partition coefficient (Wildman–Crippen LogP) is 0.341. The van der Waals surface area contributed by atoms with Crippen LogP contribution in [0.25, 0.3) is 0 Å². The summed E-state index contributed by atoms with van der Waals surface area (Å²) in [6.07, 6.45) is 6.27. The monoisotopic (exact) mass is 324 g/mol. The van der Waals surface area contributed by atoms with Crippen molar-refractivity contribution in [2.24, 2.45) is 12.5 Å². The summed E-state index contributed by atoms with van der Waals surface area (Å²) in [5.41, 5.74) is 0.572. The van der Waals surface area contributed by atoms with Crippen LogP contribution in [0.3, 0.4) is 0 Å². The zero-order chi connectivity index (χ0) is 15.5. The number of rotatable bonds is 3. The van der Waals surface area contributed by atoms with Crippen LogP contribution < -0.4 is 4.90 Å². The lowest BCUT2D eigenvalue weighted by atomic mass is 9.86. The molecule has 0 N–H and O–H groups in total. The summed E-state index contributed by atoms with van der Waals surface area (Å²) >= 11 is 0. The fraction of sp³-hybridized carbons (Fsp3) is 0.714. The number of hydrogen-bond donors (Lipinski definition) is 0. The second-order valence-electron chi connectivity index (χ2n) is 6.86. The van der Waals surface area contributed by atoms with Gasteiger partial charge in [-0.15, -0.1) is 0 Å². The van der Waals surface area contributed by atoms with Crippen LogP contribution in [0.15, 0.2) is 12.4 Å². The average molecular weight is 324 g/mol. The highest BCUT2D eigenvalue weighted by Crippen LogP contribution is 2.44. The molecular weight excluding hydrogens is 304 g/mol. The summed E-state index contributed by atoms with van der Waals surface area (Å²) in [5.74, 6) is 0.0682. The fourth-order valence-electron chi connectivity index (χ4n) is 3.64. The maximum Gasteiger partial charge on any atom is 0.227 e. The number of aryl methyl sites for hydroxylation is 1. The smallest absolute Gasteiger partial charge is 0.227 e. The topological polar surface area (TPSA) is 75.5 Å². The Bertz CT molecular complexity index is 724. The van der Waals surface area contributed by atoms with Gasteiger partial charge in [0.2, 0.25) is 15.9 Å². The number of nitrogens with zero attached hydrogens (tertiary/aromatic N) is 4. The number of carbonyl (C=O) groups is 1. The summed E-state index contributed by atoms with van der Waals surface area (Å²) in [5, 5.41) is 3.94. The molecule has 7 nitrogen and oxygen atoms in total. The lowest BCUT2D eigenvalue weighted by molar-refractivity contribution is -0.117. The molecule has 3 fully saturated rings. The number of aromatic nitrogens is 2. The Labute approximate surface area is 129 Å². The molecule has 2 aliphatic heterocycles. The minimum absolute atomic E-state index is 0.0682. The molecule has 1 amide bonds. The largest absolute Gasteiger partial charge is 0.309 e. The van der Waals surface area contributed by atoms with Crippen LogP contribution in [0.1, 0.15) is 25.7 Å². The van der Waals surface area contributed by atoms with Crippen molar-refractivity contribution in [3.63, 3.8) is 0 Å².